The summed E-state index contributed by atoms with van der Waals surface area (Å²) in [6.07, 6.45) is 2.90. The van der Waals surface area contributed by atoms with Crippen LogP contribution in [0.3, 0.4) is 0 Å². The lowest BCUT2D eigenvalue weighted by Gasteiger charge is -2.26. The number of anilines is 1. The van der Waals surface area contributed by atoms with Crippen molar-refractivity contribution in [1.82, 2.24) is 4.98 Å². The van der Waals surface area contributed by atoms with Crippen LogP contribution in [-0.2, 0) is 20.9 Å². The van der Waals surface area contributed by atoms with Crippen molar-refractivity contribution in [2.75, 3.05) is 5.01 Å². The lowest BCUT2D eigenvalue weighted by molar-refractivity contribution is -0.130. The van der Waals surface area contributed by atoms with Crippen molar-refractivity contribution in [1.29, 1.82) is 0 Å². The van der Waals surface area contributed by atoms with Crippen molar-refractivity contribution < 1.29 is 31.9 Å². The van der Waals surface area contributed by atoms with Crippen molar-refractivity contribution in [3.63, 3.8) is 0 Å². The molecule has 1 aromatic heterocycles. The van der Waals surface area contributed by atoms with Gasteiger partial charge < -0.3 is 10.5 Å². The molecular formula is C25H20F4N4O3. The highest BCUT2D eigenvalue weighted by Gasteiger charge is 2.56. The third kappa shape index (κ3) is 4.16. The Balaban J connectivity index is 1.84. The van der Waals surface area contributed by atoms with Crippen molar-refractivity contribution in [3.8, 4) is 16.9 Å². The average molecular weight is 500 g/mol. The van der Waals surface area contributed by atoms with Gasteiger partial charge in [-0.3, -0.25) is 14.6 Å². The number of amides is 2. The first kappa shape index (κ1) is 24.8. The van der Waals surface area contributed by atoms with Gasteiger partial charge in [0.2, 0.25) is 5.91 Å². The van der Waals surface area contributed by atoms with Crippen LogP contribution in [0.4, 0.5) is 23.2 Å². The number of primary amides is 1. The molecule has 3 aromatic rings. The molecule has 2 amide bonds. The molecule has 2 N–H and O–H groups in total. The molecule has 1 aliphatic heterocycles. The summed E-state index contributed by atoms with van der Waals surface area (Å²) in [7, 11) is 0. The first-order valence-electron chi connectivity index (χ1n) is 10.6. The van der Waals surface area contributed by atoms with E-state index in [0.717, 1.165) is 11.1 Å². The summed E-state index contributed by atoms with van der Waals surface area (Å²) < 4.78 is 58.6. The van der Waals surface area contributed by atoms with Crippen LogP contribution in [0.1, 0.15) is 25.0 Å². The lowest BCUT2D eigenvalue weighted by Crippen LogP contribution is -2.53. The van der Waals surface area contributed by atoms with E-state index in [-0.39, 0.29) is 28.3 Å². The number of pyridine rings is 1. The van der Waals surface area contributed by atoms with Crippen LogP contribution in [0.25, 0.3) is 11.1 Å². The summed E-state index contributed by atoms with van der Waals surface area (Å²) in [4.78, 5) is 30.4. The maximum Gasteiger partial charge on any atom is 0.387 e. The van der Waals surface area contributed by atoms with Gasteiger partial charge in [0.15, 0.2) is 5.41 Å². The van der Waals surface area contributed by atoms with Gasteiger partial charge in [-0.15, -0.1) is 0 Å². The van der Waals surface area contributed by atoms with Gasteiger partial charge in [0.05, 0.1) is 11.4 Å². The van der Waals surface area contributed by atoms with Crippen LogP contribution >= 0.6 is 0 Å². The number of hydrazone groups is 1. The predicted molar refractivity (Wildman–Crippen MR) is 124 cm³/mol. The van der Waals surface area contributed by atoms with Gasteiger partial charge in [0, 0.05) is 30.4 Å². The fraction of sp³-hybridized carbons (Fsp3) is 0.200. The molecule has 1 aliphatic rings. The van der Waals surface area contributed by atoms with Crippen LogP contribution in [0.2, 0.25) is 0 Å². The molecule has 2 heterocycles. The summed E-state index contributed by atoms with van der Waals surface area (Å²) in [5.74, 6) is -5.39. The third-order valence-electron chi connectivity index (χ3n) is 5.89. The van der Waals surface area contributed by atoms with Crippen LogP contribution in [-0.4, -0.2) is 29.1 Å². The number of nitrogens with zero attached hydrogens (tertiary/aromatic N) is 3. The molecule has 11 heteroatoms. The van der Waals surface area contributed by atoms with E-state index in [0.29, 0.717) is 12.5 Å². The molecule has 36 heavy (non-hydrogen) atoms. The van der Waals surface area contributed by atoms with Crippen LogP contribution in [0, 0.1) is 0 Å². The Morgan fingerprint density at radius 2 is 1.81 bits per heavy atom. The standard InChI is InChI=1S/C25H20F4N4O3/c1-14-25(21(30)34,17-5-3-4-16(12-17)24(2,28)29)22(35)33(32-14)18-6-7-20(36-23(26)27)19(13-18)15-8-10-31-11-9-15/h3-13,23H,1-2H3,(H2,30,34). The second kappa shape index (κ2) is 9.06. The minimum atomic E-state index is -3.23. The normalized spacial score (nSPS) is 17.9. The topological polar surface area (TPSA) is 97.9 Å². The maximum absolute atomic E-state index is 14.0. The Morgan fingerprint density at radius 3 is 2.42 bits per heavy atom. The molecule has 186 valence electrons. The van der Waals surface area contributed by atoms with Gasteiger partial charge in [-0.1, -0.05) is 18.2 Å². The number of hydrogen-bond acceptors (Lipinski definition) is 5. The van der Waals surface area contributed by atoms with E-state index in [1.807, 2.05) is 0 Å². The van der Waals surface area contributed by atoms with Gasteiger partial charge >= 0.3 is 6.61 Å². The molecule has 0 aliphatic carbocycles. The molecule has 2 aromatic carbocycles. The summed E-state index contributed by atoms with van der Waals surface area (Å²) in [5, 5.41) is 5.12. The zero-order valence-electron chi connectivity index (χ0n) is 19.1. The number of benzene rings is 2. The number of nitrogens with two attached hydrogens (primary N) is 1. The Morgan fingerprint density at radius 1 is 1.11 bits per heavy atom. The van der Waals surface area contributed by atoms with E-state index in [1.54, 1.807) is 12.1 Å². The Hall–Kier alpha value is -4.28. The second-order valence-corrected chi connectivity index (χ2v) is 8.18. The van der Waals surface area contributed by atoms with E-state index < -0.39 is 35.3 Å². The molecule has 7 nitrogen and oxygen atoms in total. The smallest absolute Gasteiger partial charge is 0.387 e. The zero-order chi connectivity index (χ0) is 26.3. The van der Waals surface area contributed by atoms with E-state index >= 15 is 0 Å². The SMILES string of the molecule is CC1=NN(c2ccc(OC(F)F)c(-c3ccncc3)c2)C(=O)C1(C(N)=O)c1cccc(C(C)(F)F)c1. The van der Waals surface area contributed by atoms with Crippen molar-refractivity contribution in [3.05, 3.63) is 78.1 Å². The Kier molecular flexibility index (Phi) is 6.25. The molecule has 4 rings (SSSR count). The fourth-order valence-corrected chi connectivity index (χ4v) is 4.15. The first-order valence-corrected chi connectivity index (χ1v) is 10.6. The number of alkyl halides is 4. The number of carbonyl (C=O) groups is 2. The van der Waals surface area contributed by atoms with Crippen LogP contribution in [0.15, 0.2) is 72.1 Å². The molecule has 0 saturated carbocycles. The molecule has 0 spiro atoms. The van der Waals surface area contributed by atoms with Crippen molar-refractivity contribution >= 4 is 23.2 Å². The van der Waals surface area contributed by atoms with Crippen molar-refractivity contribution in [2.45, 2.75) is 31.8 Å². The second-order valence-electron chi connectivity index (χ2n) is 8.18. The minimum Gasteiger partial charge on any atom is -0.434 e. The van der Waals surface area contributed by atoms with Crippen LogP contribution in [0.5, 0.6) is 5.75 Å². The summed E-state index contributed by atoms with van der Waals surface area (Å²) in [6.45, 7) is -1.02. The maximum atomic E-state index is 14.0. The molecule has 1 unspecified atom stereocenters. The van der Waals surface area contributed by atoms with Gasteiger partial charge in [0.25, 0.3) is 11.8 Å². The van der Waals surface area contributed by atoms with Gasteiger partial charge in [0.1, 0.15) is 5.75 Å². The quantitative estimate of drug-likeness (QED) is 0.379. The predicted octanol–water partition coefficient (Wildman–Crippen LogP) is 4.61. The fourth-order valence-electron chi connectivity index (χ4n) is 4.15. The van der Waals surface area contributed by atoms with E-state index in [1.165, 1.54) is 55.7 Å². The molecular weight excluding hydrogens is 480 g/mol. The average Bonchev–Trinajstić information content (AvgIpc) is 3.10. The first-order chi connectivity index (χ1) is 17.0. The molecule has 0 bridgehead atoms. The zero-order valence-corrected chi connectivity index (χ0v) is 19.1. The molecule has 0 saturated heterocycles. The molecule has 1 atom stereocenters. The highest BCUT2D eigenvalue weighted by atomic mass is 19.3. The number of hydrogen-bond donors (Lipinski definition) is 1. The number of halogens is 4. The van der Waals surface area contributed by atoms with Gasteiger partial charge in [-0.25, -0.2) is 8.78 Å². The Labute approximate surface area is 203 Å². The van der Waals surface area contributed by atoms with Gasteiger partial charge in [-0.2, -0.15) is 18.9 Å². The monoisotopic (exact) mass is 500 g/mol. The number of rotatable bonds is 7. The number of aromatic nitrogens is 1. The van der Waals surface area contributed by atoms with E-state index in [2.05, 4.69) is 14.8 Å². The largest absolute Gasteiger partial charge is 0.434 e. The summed E-state index contributed by atoms with van der Waals surface area (Å²) in [5.41, 5.74) is 3.83. The number of ether oxygens (including phenoxy) is 1. The van der Waals surface area contributed by atoms with Crippen molar-refractivity contribution in [2.24, 2.45) is 10.8 Å². The van der Waals surface area contributed by atoms with Gasteiger partial charge in [-0.05, 0) is 54.4 Å². The highest BCUT2D eigenvalue weighted by molar-refractivity contribution is 6.35. The highest BCUT2D eigenvalue weighted by Crippen LogP contribution is 2.41. The molecule has 0 fully saturated rings. The summed E-state index contributed by atoms with van der Waals surface area (Å²) >= 11 is 0. The third-order valence-corrected chi connectivity index (χ3v) is 5.89. The Bertz CT molecular complexity index is 1360. The minimum absolute atomic E-state index is 0.0325. The molecule has 0 radical (unpaired) electrons. The number of carbonyl (C=O) groups excluding carboxylic acids is 2. The van der Waals surface area contributed by atoms with E-state index in [4.69, 9.17) is 5.73 Å². The van der Waals surface area contributed by atoms with E-state index in [9.17, 15) is 27.2 Å². The summed E-state index contributed by atoms with van der Waals surface area (Å²) in [6, 6.07) is 11.9. The lowest BCUT2D eigenvalue weighted by atomic mass is 9.75. The van der Waals surface area contributed by atoms with Crippen LogP contribution < -0.4 is 15.5 Å².